The molecule has 1 aromatic heterocycles. The van der Waals surface area contributed by atoms with Crippen LogP contribution in [0.3, 0.4) is 0 Å². The van der Waals surface area contributed by atoms with Gasteiger partial charge in [-0.1, -0.05) is 29.3 Å². The van der Waals surface area contributed by atoms with Crippen molar-refractivity contribution in [1.29, 1.82) is 0 Å². The molecule has 0 bridgehead atoms. The maximum Gasteiger partial charge on any atom is 0.269 e. The van der Waals surface area contributed by atoms with Crippen molar-refractivity contribution >= 4 is 21.8 Å². The van der Waals surface area contributed by atoms with Crippen LogP contribution in [-0.4, -0.2) is 28.0 Å². The Morgan fingerprint density at radius 2 is 2.53 bits per heavy atom. The van der Waals surface area contributed by atoms with Gasteiger partial charge in [0.15, 0.2) is 0 Å². The molecule has 1 heterocycles. The lowest BCUT2D eigenvalue weighted by Gasteiger charge is -2.13. The van der Waals surface area contributed by atoms with Crippen molar-refractivity contribution in [1.82, 2.24) is 15.5 Å². The minimum Gasteiger partial charge on any atom is -0.350 e. The molecule has 0 radical (unpaired) electrons. The third-order valence-electron chi connectivity index (χ3n) is 2.39. The molecule has 4 nitrogen and oxygen atoms in total. The average molecular weight is 274 g/mol. The summed E-state index contributed by atoms with van der Waals surface area (Å²) in [7, 11) is 0. The molecule has 0 aromatic carbocycles. The molecule has 1 amide bonds. The number of carbonyl (C=O) groups excluding carboxylic acids is 1. The third-order valence-corrected chi connectivity index (χ3v) is 2.85. The van der Waals surface area contributed by atoms with E-state index in [0.717, 1.165) is 24.7 Å². The summed E-state index contributed by atoms with van der Waals surface area (Å²) in [5, 5.41) is 10.2. The van der Waals surface area contributed by atoms with Crippen LogP contribution >= 0.6 is 15.9 Å². The summed E-state index contributed by atoms with van der Waals surface area (Å²) in [5.74, 6) is 0.455. The fourth-order valence-corrected chi connectivity index (χ4v) is 1.97. The molecule has 0 fully saturated rings. The lowest BCUT2D eigenvalue weighted by atomic mass is 10.0. The maximum atomic E-state index is 11.5. The Hall–Kier alpha value is -0.840. The van der Waals surface area contributed by atoms with Crippen LogP contribution in [-0.2, 0) is 0 Å². The summed E-state index contributed by atoms with van der Waals surface area (Å²) >= 11 is 3.41. The molecule has 1 unspecified atom stereocenters. The molecule has 84 valence electrons. The van der Waals surface area contributed by atoms with Gasteiger partial charge in [-0.2, -0.15) is 5.10 Å². The molecule has 0 spiro atoms. The Bertz CT molecular complexity index is 287. The van der Waals surface area contributed by atoms with Crippen LogP contribution in [0.15, 0.2) is 12.3 Å². The highest BCUT2D eigenvalue weighted by Crippen LogP contribution is 2.08. The van der Waals surface area contributed by atoms with E-state index in [1.165, 1.54) is 0 Å². The number of halogens is 1. The number of rotatable bonds is 6. The maximum absolute atomic E-state index is 11.5. The zero-order valence-electron chi connectivity index (χ0n) is 8.79. The van der Waals surface area contributed by atoms with E-state index in [-0.39, 0.29) is 5.91 Å². The molecule has 1 aromatic rings. The lowest BCUT2D eigenvalue weighted by molar-refractivity contribution is 0.0941. The number of alkyl halides is 1. The number of nitrogens with one attached hydrogen (secondary N) is 2. The van der Waals surface area contributed by atoms with Gasteiger partial charge in [-0.3, -0.25) is 9.89 Å². The molecule has 0 aliphatic heterocycles. The minimum absolute atomic E-state index is 0.0828. The van der Waals surface area contributed by atoms with Gasteiger partial charge in [0, 0.05) is 18.1 Å². The van der Waals surface area contributed by atoms with Gasteiger partial charge >= 0.3 is 0 Å². The van der Waals surface area contributed by atoms with Gasteiger partial charge in [0.1, 0.15) is 5.69 Å². The number of hydrogen-bond acceptors (Lipinski definition) is 2. The molecule has 0 saturated heterocycles. The van der Waals surface area contributed by atoms with Gasteiger partial charge in [-0.15, -0.1) is 0 Å². The lowest BCUT2D eigenvalue weighted by Crippen LogP contribution is -2.29. The number of aromatic amines is 1. The Balaban J connectivity index is 2.33. The molecule has 1 atom stereocenters. The number of amides is 1. The molecular weight excluding hydrogens is 258 g/mol. The monoisotopic (exact) mass is 273 g/mol. The van der Waals surface area contributed by atoms with E-state index in [0.29, 0.717) is 11.6 Å². The SMILES string of the molecule is CCC(CCBr)CNC(=O)c1ccn[nH]1. The summed E-state index contributed by atoms with van der Waals surface area (Å²) in [6.45, 7) is 2.86. The van der Waals surface area contributed by atoms with Crippen molar-refractivity contribution in [2.75, 3.05) is 11.9 Å². The van der Waals surface area contributed by atoms with Crippen LogP contribution in [0.5, 0.6) is 0 Å². The summed E-state index contributed by atoms with van der Waals surface area (Å²) in [6.07, 6.45) is 3.74. The quantitative estimate of drug-likeness (QED) is 0.779. The number of H-pyrrole nitrogens is 1. The standard InChI is InChI=1S/C10H16BrN3O/c1-2-8(3-5-11)7-12-10(15)9-4-6-13-14-9/h4,6,8H,2-3,5,7H2,1H3,(H,12,15)(H,13,14). The van der Waals surface area contributed by atoms with Crippen molar-refractivity contribution in [3.63, 3.8) is 0 Å². The topological polar surface area (TPSA) is 57.8 Å². The summed E-state index contributed by atoms with van der Waals surface area (Å²) < 4.78 is 0. The van der Waals surface area contributed by atoms with Crippen molar-refractivity contribution in [2.45, 2.75) is 19.8 Å². The van der Waals surface area contributed by atoms with Crippen LogP contribution in [0.1, 0.15) is 30.3 Å². The van der Waals surface area contributed by atoms with Crippen molar-refractivity contribution in [3.05, 3.63) is 18.0 Å². The van der Waals surface area contributed by atoms with Crippen LogP contribution in [0.25, 0.3) is 0 Å². The highest BCUT2D eigenvalue weighted by molar-refractivity contribution is 9.09. The van der Waals surface area contributed by atoms with Crippen molar-refractivity contribution in [2.24, 2.45) is 5.92 Å². The zero-order valence-corrected chi connectivity index (χ0v) is 10.4. The summed E-state index contributed by atoms with van der Waals surface area (Å²) in [4.78, 5) is 11.5. The van der Waals surface area contributed by atoms with Gasteiger partial charge in [0.2, 0.25) is 0 Å². The van der Waals surface area contributed by atoms with E-state index >= 15 is 0 Å². The number of aromatic nitrogens is 2. The smallest absolute Gasteiger partial charge is 0.269 e. The molecule has 0 saturated carbocycles. The normalized spacial score (nSPS) is 12.4. The summed E-state index contributed by atoms with van der Waals surface area (Å²) in [5.41, 5.74) is 0.517. The van der Waals surface area contributed by atoms with E-state index in [9.17, 15) is 4.79 Å². The molecule has 0 aliphatic carbocycles. The molecule has 15 heavy (non-hydrogen) atoms. The van der Waals surface area contributed by atoms with E-state index in [2.05, 4.69) is 38.4 Å². The number of carbonyl (C=O) groups is 1. The predicted molar refractivity (Wildman–Crippen MR) is 63.1 cm³/mol. The largest absolute Gasteiger partial charge is 0.350 e. The van der Waals surface area contributed by atoms with E-state index in [1.54, 1.807) is 12.3 Å². The van der Waals surface area contributed by atoms with Gasteiger partial charge in [-0.25, -0.2) is 0 Å². The van der Waals surface area contributed by atoms with Gasteiger partial charge in [0.05, 0.1) is 0 Å². The van der Waals surface area contributed by atoms with E-state index < -0.39 is 0 Å². The molecular formula is C10H16BrN3O. The zero-order chi connectivity index (χ0) is 11.1. The first kappa shape index (κ1) is 12.2. The fourth-order valence-electron chi connectivity index (χ4n) is 1.32. The van der Waals surface area contributed by atoms with Crippen LogP contribution in [0.4, 0.5) is 0 Å². The van der Waals surface area contributed by atoms with Gasteiger partial charge in [0.25, 0.3) is 5.91 Å². The van der Waals surface area contributed by atoms with Crippen LogP contribution < -0.4 is 5.32 Å². The minimum atomic E-state index is -0.0828. The number of hydrogen-bond donors (Lipinski definition) is 2. The number of nitrogens with zero attached hydrogens (tertiary/aromatic N) is 1. The van der Waals surface area contributed by atoms with E-state index in [4.69, 9.17) is 0 Å². The van der Waals surface area contributed by atoms with Gasteiger partial charge < -0.3 is 5.32 Å². The predicted octanol–water partition coefficient (Wildman–Crippen LogP) is 1.95. The Morgan fingerprint density at radius 1 is 1.73 bits per heavy atom. The molecule has 2 N–H and O–H groups in total. The third kappa shape index (κ3) is 4.03. The van der Waals surface area contributed by atoms with Crippen molar-refractivity contribution in [3.8, 4) is 0 Å². The van der Waals surface area contributed by atoms with Crippen LogP contribution in [0.2, 0.25) is 0 Å². The second-order valence-corrected chi connectivity index (χ2v) is 4.23. The second kappa shape index (κ2) is 6.61. The molecule has 1 rings (SSSR count). The molecule has 0 aliphatic rings. The highest BCUT2D eigenvalue weighted by atomic mass is 79.9. The average Bonchev–Trinajstić information content (AvgIpc) is 2.77. The Morgan fingerprint density at radius 3 is 3.07 bits per heavy atom. The second-order valence-electron chi connectivity index (χ2n) is 3.43. The summed E-state index contributed by atoms with van der Waals surface area (Å²) in [6, 6.07) is 1.67. The van der Waals surface area contributed by atoms with Crippen LogP contribution in [0, 0.1) is 5.92 Å². The first-order valence-corrected chi connectivity index (χ1v) is 6.23. The first-order valence-electron chi connectivity index (χ1n) is 5.11. The Labute approximate surface area is 98.0 Å². The van der Waals surface area contributed by atoms with Gasteiger partial charge in [-0.05, 0) is 18.4 Å². The Kier molecular flexibility index (Phi) is 5.39. The highest BCUT2D eigenvalue weighted by Gasteiger charge is 2.10. The first-order chi connectivity index (χ1) is 7.27. The fraction of sp³-hybridized carbons (Fsp3) is 0.600. The van der Waals surface area contributed by atoms with E-state index in [1.807, 2.05) is 0 Å². The molecule has 5 heteroatoms. The van der Waals surface area contributed by atoms with Crippen molar-refractivity contribution < 1.29 is 4.79 Å².